The number of nitro groups is 1. The number of alkyl halides is 2. The van der Waals surface area contributed by atoms with Gasteiger partial charge in [-0.2, -0.15) is 0 Å². The standard InChI is InChI=1S/C11H12Cl2N2O5.C8H14O4/c12-10(13)11(18)14-8(5-16)9(17)6-1-3-7(4-2-6)15(19)20;1-3-5(2)6(8(11)12)4-7(9)10/h1-4,8-10,16-17H,5H2,(H,14,18);5-6H,3-4H2,1-2H3,(H,9,10)(H,11,12)/t8-,9-;/m1./s1. The number of aliphatic carboxylic acids is 2. The van der Waals surface area contributed by atoms with Gasteiger partial charge in [-0.15, -0.1) is 0 Å². The van der Waals surface area contributed by atoms with Gasteiger partial charge in [-0.25, -0.2) is 0 Å². The van der Waals surface area contributed by atoms with Gasteiger partial charge in [-0.05, 0) is 23.6 Å². The fourth-order valence-corrected chi connectivity index (χ4v) is 2.63. The van der Waals surface area contributed by atoms with E-state index in [2.05, 4.69) is 5.32 Å². The molecular formula is C19H26Cl2N2O9. The van der Waals surface area contributed by atoms with E-state index in [1.807, 2.05) is 6.92 Å². The van der Waals surface area contributed by atoms with Gasteiger partial charge in [0.05, 0.1) is 29.9 Å². The van der Waals surface area contributed by atoms with Gasteiger partial charge in [0.1, 0.15) is 6.10 Å². The first-order valence-corrected chi connectivity index (χ1v) is 10.3. The number of aliphatic hydroxyl groups excluding tert-OH is 2. The second-order valence-electron chi connectivity index (χ2n) is 6.82. The maximum Gasteiger partial charge on any atom is 0.307 e. The van der Waals surface area contributed by atoms with Crippen LogP contribution in [0.1, 0.15) is 38.4 Å². The van der Waals surface area contributed by atoms with Gasteiger partial charge in [0.2, 0.25) is 0 Å². The Balaban J connectivity index is 0.000000687. The summed E-state index contributed by atoms with van der Waals surface area (Å²) in [5.41, 5.74) is 0.169. The van der Waals surface area contributed by atoms with Gasteiger partial charge in [-0.3, -0.25) is 24.5 Å². The van der Waals surface area contributed by atoms with Crippen molar-refractivity contribution in [1.29, 1.82) is 0 Å². The Morgan fingerprint density at radius 1 is 1.16 bits per heavy atom. The number of hydrogen-bond donors (Lipinski definition) is 5. The molecule has 11 nitrogen and oxygen atoms in total. The first-order valence-electron chi connectivity index (χ1n) is 9.41. The lowest BCUT2D eigenvalue weighted by molar-refractivity contribution is -0.384. The topological polar surface area (TPSA) is 187 Å². The molecule has 1 amide bonds. The van der Waals surface area contributed by atoms with Crippen LogP contribution in [0.3, 0.4) is 0 Å². The summed E-state index contributed by atoms with van der Waals surface area (Å²) in [7, 11) is 0. The van der Waals surface area contributed by atoms with Crippen LogP contribution in [0.25, 0.3) is 0 Å². The van der Waals surface area contributed by atoms with Crippen LogP contribution in [0, 0.1) is 22.0 Å². The SMILES string of the molecule is CCC(C)C(CC(=O)O)C(=O)O.O=C(N[C@H](CO)[C@H](O)c1ccc([N+](=O)[O-])cc1)C(Cl)Cl. The minimum absolute atomic E-state index is 0.0846. The normalized spacial score (nSPS) is 14.3. The zero-order valence-corrected chi connectivity index (χ0v) is 18.9. The molecule has 1 rings (SSSR count). The van der Waals surface area contributed by atoms with E-state index in [9.17, 15) is 29.6 Å². The van der Waals surface area contributed by atoms with E-state index in [1.54, 1.807) is 6.92 Å². The van der Waals surface area contributed by atoms with Crippen molar-refractivity contribution in [3.05, 3.63) is 39.9 Å². The van der Waals surface area contributed by atoms with Gasteiger partial charge in [-0.1, -0.05) is 43.5 Å². The predicted octanol–water partition coefficient (Wildman–Crippen LogP) is 2.12. The number of halogens is 2. The highest BCUT2D eigenvalue weighted by atomic mass is 35.5. The second-order valence-corrected chi connectivity index (χ2v) is 7.92. The van der Waals surface area contributed by atoms with E-state index < -0.39 is 52.3 Å². The molecular weight excluding hydrogens is 471 g/mol. The molecule has 0 heterocycles. The molecule has 0 aliphatic heterocycles. The lowest BCUT2D eigenvalue weighted by Gasteiger charge is -2.22. The first-order chi connectivity index (χ1) is 14.8. The van der Waals surface area contributed by atoms with Gasteiger partial charge in [0.15, 0.2) is 4.84 Å². The number of carbonyl (C=O) groups excluding carboxylic acids is 1. The number of nitrogens with one attached hydrogen (secondary N) is 1. The zero-order chi connectivity index (χ0) is 25.0. The van der Waals surface area contributed by atoms with E-state index in [4.69, 9.17) is 38.5 Å². The van der Waals surface area contributed by atoms with Crippen LogP contribution < -0.4 is 5.32 Å². The smallest absolute Gasteiger partial charge is 0.307 e. The van der Waals surface area contributed by atoms with Crippen molar-refractivity contribution in [2.24, 2.45) is 11.8 Å². The molecule has 13 heteroatoms. The molecule has 1 aromatic rings. The highest BCUT2D eigenvalue weighted by molar-refractivity contribution is 6.53. The summed E-state index contributed by atoms with van der Waals surface area (Å²) in [5, 5.41) is 49.0. The molecule has 2 unspecified atom stereocenters. The molecule has 0 radical (unpaired) electrons. The van der Waals surface area contributed by atoms with Crippen LogP contribution in [0.15, 0.2) is 24.3 Å². The van der Waals surface area contributed by atoms with Gasteiger partial charge < -0.3 is 25.7 Å². The van der Waals surface area contributed by atoms with Crippen LogP contribution >= 0.6 is 23.2 Å². The van der Waals surface area contributed by atoms with E-state index in [0.717, 1.165) is 0 Å². The molecule has 0 saturated carbocycles. The maximum atomic E-state index is 11.3. The molecule has 4 atom stereocenters. The number of hydrogen-bond acceptors (Lipinski definition) is 7. The van der Waals surface area contributed by atoms with E-state index >= 15 is 0 Å². The first kappa shape index (κ1) is 29.5. The van der Waals surface area contributed by atoms with E-state index in [0.29, 0.717) is 12.0 Å². The summed E-state index contributed by atoms with van der Waals surface area (Å²) in [6, 6.07) is 4.05. The Morgan fingerprint density at radius 3 is 2.03 bits per heavy atom. The lowest BCUT2D eigenvalue weighted by atomic mass is 9.89. The average Bonchev–Trinajstić information content (AvgIpc) is 2.74. The number of nitrogens with zero attached hydrogens (tertiary/aromatic N) is 1. The highest BCUT2D eigenvalue weighted by Crippen LogP contribution is 2.21. The fourth-order valence-electron chi connectivity index (χ4n) is 2.50. The number of benzene rings is 1. The maximum absolute atomic E-state index is 11.3. The third kappa shape index (κ3) is 10.2. The van der Waals surface area contributed by atoms with Gasteiger partial charge in [0.25, 0.3) is 11.6 Å². The lowest BCUT2D eigenvalue weighted by Crippen LogP contribution is -2.44. The second kappa shape index (κ2) is 14.6. The molecule has 0 aliphatic rings. The number of nitro benzene ring substituents is 1. The summed E-state index contributed by atoms with van der Waals surface area (Å²) in [6.07, 6.45) is -0.856. The highest BCUT2D eigenvalue weighted by Gasteiger charge is 2.26. The molecule has 5 N–H and O–H groups in total. The number of rotatable bonds is 11. The number of carboxylic acids is 2. The van der Waals surface area contributed by atoms with Crippen LogP contribution in [-0.2, 0) is 14.4 Å². The average molecular weight is 497 g/mol. The summed E-state index contributed by atoms with van der Waals surface area (Å²) >= 11 is 10.7. The van der Waals surface area contributed by atoms with Crippen molar-refractivity contribution in [3.8, 4) is 0 Å². The Labute approximate surface area is 194 Å². The van der Waals surface area contributed by atoms with Gasteiger partial charge in [0, 0.05) is 12.1 Å². The van der Waals surface area contributed by atoms with Crippen LogP contribution in [0.2, 0.25) is 0 Å². The van der Waals surface area contributed by atoms with Crippen molar-refractivity contribution in [1.82, 2.24) is 5.32 Å². The minimum atomic E-state index is -1.33. The zero-order valence-electron chi connectivity index (χ0n) is 17.4. The van der Waals surface area contributed by atoms with Crippen LogP contribution in [-0.4, -0.2) is 60.7 Å². The molecule has 32 heavy (non-hydrogen) atoms. The summed E-state index contributed by atoms with van der Waals surface area (Å²) in [5.74, 6) is -3.67. The molecule has 0 spiro atoms. The third-order valence-electron chi connectivity index (χ3n) is 4.59. The quantitative estimate of drug-likeness (QED) is 0.173. The number of carboxylic acid groups (broad SMARTS) is 2. The van der Waals surface area contributed by atoms with Crippen LogP contribution in [0.4, 0.5) is 5.69 Å². The molecule has 1 aromatic carbocycles. The molecule has 0 bridgehead atoms. The summed E-state index contributed by atoms with van der Waals surface area (Å²) in [6.45, 7) is 3.05. The number of non-ortho nitro benzene ring substituents is 1. The molecule has 0 aliphatic carbocycles. The molecule has 180 valence electrons. The predicted molar refractivity (Wildman–Crippen MR) is 115 cm³/mol. The van der Waals surface area contributed by atoms with Crippen molar-refractivity contribution < 1.29 is 39.7 Å². The fraction of sp³-hybridized carbons (Fsp3) is 0.526. The Morgan fingerprint density at radius 2 is 1.69 bits per heavy atom. The van der Waals surface area contributed by atoms with E-state index in [1.165, 1.54) is 24.3 Å². The van der Waals surface area contributed by atoms with Crippen molar-refractivity contribution >= 4 is 46.7 Å². The Bertz CT molecular complexity index is 775. The van der Waals surface area contributed by atoms with Gasteiger partial charge >= 0.3 is 11.9 Å². The molecule has 0 aromatic heterocycles. The minimum Gasteiger partial charge on any atom is -0.481 e. The van der Waals surface area contributed by atoms with Crippen molar-refractivity contribution in [2.75, 3.05) is 6.61 Å². The summed E-state index contributed by atoms with van der Waals surface area (Å²) in [4.78, 5) is 40.8. The molecule has 0 saturated heterocycles. The van der Waals surface area contributed by atoms with E-state index in [-0.39, 0.29) is 18.0 Å². The number of aliphatic hydroxyl groups is 2. The van der Waals surface area contributed by atoms with Crippen LogP contribution in [0.5, 0.6) is 0 Å². The largest absolute Gasteiger partial charge is 0.481 e. The van der Waals surface area contributed by atoms with Crippen molar-refractivity contribution in [3.63, 3.8) is 0 Å². The number of carbonyl (C=O) groups is 3. The third-order valence-corrected chi connectivity index (χ3v) is 4.99. The monoisotopic (exact) mass is 496 g/mol. The Kier molecular flexibility index (Phi) is 13.4. The molecule has 0 fully saturated rings. The van der Waals surface area contributed by atoms with Crippen molar-refractivity contribution in [2.45, 2.75) is 43.7 Å². The number of amides is 1. The Hall–Kier alpha value is -2.47. The summed E-state index contributed by atoms with van der Waals surface area (Å²) < 4.78 is 0.